The van der Waals surface area contributed by atoms with E-state index in [1.54, 1.807) is 18.9 Å². The van der Waals surface area contributed by atoms with Gasteiger partial charge in [-0.2, -0.15) is 0 Å². The molecule has 0 atom stereocenters. The summed E-state index contributed by atoms with van der Waals surface area (Å²) in [6.07, 6.45) is 3.83. The molecule has 2 aromatic carbocycles. The molecule has 1 heterocycles. The molecule has 0 spiro atoms. The van der Waals surface area contributed by atoms with Crippen molar-refractivity contribution >= 4 is 11.8 Å². The van der Waals surface area contributed by atoms with E-state index in [2.05, 4.69) is 53.4 Å². The lowest BCUT2D eigenvalue weighted by Crippen LogP contribution is -1.98. The summed E-state index contributed by atoms with van der Waals surface area (Å²) in [7, 11) is 1.66. The topological polar surface area (TPSA) is 27.1 Å². The van der Waals surface area contributed by atoms with Gasteiger partial charge in [0.1, 0.15) is 5.75 Å². The number of hydrogen-bond acceptors (Lipinski definition) is 3. The van der Waals surface area contributed by atoms with Gasteiger partial charge in [0.05, 0.1) is 18.6 Å². The number of ether oxygens (including phenoxy) is 1. The molecule has 0 saturated carbocycles. The summed E-state index contributed by atoms with van der Waals surface area (Å²) >= 11 is 1.64. The Bertz CT molecular complexity index is 934. The number of imidazole rings is 1. The monoisotopic (exact) mass is 348 g/mol. The average molecular weight is 348 g/mol. The minimum absolute atomic E-state index is 0.680. The third kappa shape index (κ3) is 4.26. The fourth-order valence-electron chi connectivity index (χ4n) is 2.60. The highest BCUT2D eigenvalue weighted by Gasteiger charge is 2.07. The lowest BCUT2D eigenvalue weighted by molar-refractivity contribution is 0.414. The first-order chi connectivity index (χ1) is 12.2. The highest BCUT2D eigenvalue weighted by Crippen LogP contribution is 2.23. The van der Waals surface area contributed by atoms with Crippen LogP contribution in [0.5, 0.6) is 5.75 Å². The molecule has 0 aliphatic heterocycles. The van der Waals surface area contributed by atoms with Crippen molar-refractivity contribution < 1.29 is 4.74 Å². The minimum Gasteiger partial charge on any atom is -0.497 e. The van der Waals surface area contributed by atoms with E-state index in [0.717, 1.165) is 22.2 Å². The molecule has 4 heteroatoms. The van der Waals surface area contributed by atoms with E-state index in [-0.39, 0.29) is 0 Å². The van der Waals surface area contributed by atoms with Crippen molar-refractivity contribution in [2.75, 3.05) is 12.9 Å². The maximum Gasteiger partial charge on any atom is 0.173 e. The summed E-state index contributed by atoms with van der Waals surface area (Å²) < 4.78 is 7.34. The predicted octanol–water partition coefficient (Wildman–Crippen LogP) is 4.64. The van der Waals surface area contributed by atoms with Crippen LogP contribution in [-0.2, 0) is 0 Å². The van der Waals surface area contributed by atoms with Crippen molar-refractivity contribution in [2.45, 2.75) is 19.0 Å². The van der Waals surface area contributed by atoms with E-state index in [0.29, 0.717) is 5.75 Å². The first-order valence-electron chi connectivity index (χ1n) is 8.04. The number of aromatic nitrogens is 2. The number of rotatable bonds is 4. The number of thioether (sulfide) groups is 1. The van der Waals surface area contributed by atoms with Crippen molar-refractivity contribution in [3.8, 4) is 23.3 Å². The molecule has 0 radical (unpaired) electrons. The maximum absolute atomic E-state index is 5.22. The summed E-state index contributed by atoms with van der Waals surface area (Å²) in [6, 6.07) is 14.2. The standard InChI is InChI=1S/C21H20N2OS/c1-16-9-10-20(17(2)14-16)23-12-11-22-21(23)25-13-5-7-18-6-4-8-19(15-18)24-3/h4,6,8-12,14-15H,13H2,1-3H3. The van der Waals surface area contributed by atoms with Crippen LogP contribution in [-0.4, -0.2) is 22.4 Å². The quantitative estimate of drug-likeness (QED) is 0.508. The Labute approximate surface area is 153 Å². The van der Waals surface area contributed by atoms with Crippen LogP contribution in [0.3, 0.4) is 0 Å². The lowest BCUT2D eigenvalue weighted by atomic mass is 10.1. The van der Waals surface area contributed by atoms with Crippen LogP contribution in [0.4, 0.5) is 0 Å². The summed E-state index contributed by atoms with van der Waals surface area (Å²) in [5, 5.41) is 0.951. The molecular weight excluding hydrogens is 328 g/mol. The third-order valence-electron chi connectivity index (χ3n) is 3.79. The van der Waals surface area contributed by atoms with Gasteiger partial charge in [-0.3, -0.25) is 4.57 Å². The fourth-order valence-corrected chi connectivity index (χ4v) is 3.30. The Morgan fingerprint density at radius 1 is 1.16 bits per heavy atom. The van der Waals surface area contributed by atoms with Crippen molar-refractivity contribution in [3.63, 3.8) is 0 Å². The predicted molar refractivity (Wildman–Crippen MR) is 104 cm³/mol. The molecule has 126 valence electrons. The van der Waals surface area contributed by atoms with Crippen LogP contribution in [0.1, 0.15) is 16.7 Å². The summed E-state index contributed by atoms with van der Waals surface area (Å²) in [4.78, 5) is 4.47. The molecule has 3 nitrogen and oxygen atoms in total. The molecular formula is C21H20N2OS. The Hall–Kier alpha value is -2.64. The number of benzene rings is 2. The zero-order valence-corrected chi connectivity index (χ0v) is 15.4. The molecule has 0 unspecified atom stereocenters. The Morgan fingerprint density at radius 3 is 2.84 bits per heavy atom. The minimum atomic E-state index is 0.680. The molecule has 0 fully saturated rings. The zero-order chi connectivity index (χ0) is 17.6. The molecule has 0 N–H and O–H groups in total. The van der Waals surface area contributed by atoms with Crippen LogP contribution in [0.25, 0.3) is 5.69 Å². The lowest BCUT2D eigenvalue weighted by Gasteiger charge is -2.10. The Morgan fingerprint density at radius 2 is 2.04 bits per heavy atom. The molecule has 25 heavy (non-hydrogen) atoms. The van der Waals surface area contributed by atoms with E-state index >= 15 is 0 Å². The molecule has 0 amide bonds. The van der Waals surface area contributed by atoms with E-state index in [9.17, 15) is 0 Å². The van der Waals surface area contributed by atoms with E-state index in [1.165, 1.54) is 11.1 Å². The molecule has 0 bridgehead atoms. The summed E-state index contributed by atoms with van der Waals surface area (Å²) in [5.41, 5.74) is 4.62. The second kappa shape index (κ2) is 7.96. The first-order valence-corrected chi connectivity index (χ1v) is 9.02. The number of methoxy groups -OCH3 is 1. The second-order valence-corrected chi connectivity index (χ2v) is 6.63. The van der Waals surface area contributed by atoms with Crippen LogP contribution in [0.15, 0.2) is 60.0 Å². The largest absolute Gasteiger partial charge is 0.497 e. The fraction of sp³-hybridized carbons (Fsp3) is 0.190. The van der Waals surface area contributed by atoms with Gasteiger partial charge in [0.15, 0.2) is 5.16 Å². The Balaban J connectivity index is 1.71. The normalized spacial score (nSPS) is 10.2. The van der Waals surface area contributed by atoms with Crippen molar-refractivity contribution in [3.05, 3.63) is 71.5 Å². The van der Waals surface area contributed by atoms with Crippen molar-refractivity contribution in [2.24, 2.45) is 0 Å². The molecule has 3 aromatic rings. The molecule has 0 aliphatic rings. The first kappa shape index (κ1) is 17.2. The van der Waals surface area contributed by atoms with Gasteiger partial charge >= 0.3 is 0 Å². The molecule has 0 aliphatic carbocycles. The SMILES string of the molecule is COc1cccc(C#CCSc2nccn2-c2ccc(C)cc2C)c1. The zero-order valence-electron chi connectivity index (χ0n) is 14.6. The van der Waals surface area contributed by atoms with Gasteiger partial charge in [-0.15, -0.1) is 0 Å². The number of nitrogens with zero attached hydrogens (tertiary/aromatic N) is 2. The highest BCUT2D eigenvalue weighted by molar-refractivity contribution is 7.99. The van der Waals surface area contributed by atoms with Crippen LogP contribution < -0.4 is 4.74 Å². The number of hydrogen-bond donors (Lipinski definition) is 0. The van der Waals surface area contributed by atoms with Gasteiger partial charge in [-0.1, -0.05) is 47.4 Å². The Kier molecular flexibility index (Phi) is 5.47. The van der Waals surface area contributed by atoms with E-state index < -0.39 is 0 Å². The molecule has 3 rings (SSSR count). The average Bonchev–Trinajstić information content (AvgIpc) is 3.07. The molecule has 0 saturated heterocycles. The molecule has 1 aromatic heterocycles. The van der Waals surface area contributed by atoms with Crippen molar-refractivity contribution in [1.82, 2.24) is 9.55 Å². The van der Waals surface area contributed by atoms with Gasteiger partial charge < -0.3 is 4.74 Å². The van der Waals surface area contributed by atoms with Gasteiger partial charge in [-0.05, 0) is 43.7 Å². The van der Waals surface area contributed by atoms with E-state index in [4.69, 9.17) is 4.74 Å². The summed E-state index contributed by atoms with van der Waals surface area (Å²) in [6.45, 7) is 4.23. The third-order valence-corrected chi connectivity index (χ3v) is 4.64. The van der Waals surface area contributed by atoms with Gasteiger partial charge in [0.25, 0.3) is 0 Å². The summed E-state index contributed by atoms with van der Waals surface area (Å²) in [5.74, 6) is 7.87. The van der Waals surface area contributed by atoms with Crippen molar-refractivity contribution in [1.29, 1.82) is 0 Å². The van der Waals surface area contributed by atoms with Gasteiger partial charge in [-0.25, -0.2) is 4.98 Å². The second-order valence-electron chi connectivity index (χ2n) is 5.69. The van der Waals surface area contributed by atoms with Crippen LogP contribution in [0.2, 0.25) is 0 Å². The van der Waals surface area contributed by atoms with Gasteiger partial charge in [0, 0.05) is 18.0 Å². The maximum atomic E-state index is 5.22. The smallest absolute Gasteiger partial charge is 0.173 e. The van der Waals surface area contributed by atoms with Crippen LogP contribution >= 0.6 is 11.8 Å². The van der Waals surface area contributed by atoms with Crippen LogP contribution in [0, 0.1) is 25.7 Å². The highest BCUT2D eigenvalue weighted by atomic mass is 32.2. The van der Waals surface area contributed by atoms with Gasteiger partial charge in [0.2, 0.25) is 0 Å². The number of aryl methyl sites for hydroxylation is 2. The van der Waals surface area contributed by atoms with E-state index in [1.807, 2.05) is 36.7 Å².